The topological polar surface area (TPSA) is 76.1 Å². The molecule has 4 heteroatoms. The smallest absolute Gasteiger partial charge is 0.406 e. The molecule has 0 heterocycles. The Kier molecular flexibility index (Phi) is 2.03. The molecular formula is C5H8N2O2. The Labute approximate surface area is 53.2 Å². The van der Waals surface area contributed by atoms with Gasteiger partial charge in [0, 0.05) is 0 Å². The second kappa shape index (κ2) is 2.35. The van der Waals surface area contributed by atoms with Crippen LogP contribution in [0.1, 0.15) is 13.8 Å². The second-order valence-corrected chi connectivity index (χ2v) is 2.04. The van der Waals surface area contributed by atoms with Gasteiger partial charge in [-0.25, -0.2) is 4.79 Å². The van der Waals surface area contributed by atoms with Crippen LogP contribution in [0.5, 0.6) is 0 Å². The molecule has 9 heavy (non-hydrogen) atoms. The predicted molar refractivity (Wildman–Crippen MR) is 30.4 cm³/mol. The predicted octanol–water partition coefficient (Wildman–Crippen LogP) is 0.384. The number of rotatable bonds is 1. The second-order valence-electron chi connectivity index (χ2n) is 2.04. The summed E-state index contributed by atoms with van der Waals surface area (Å²) in [4.78, 5) is 10.0. The maximum absolute atomic E-state index is 10.0. The van der Waals surface area contributed by atoms with Crippen molar-refractivity contribution in [3.8, 4) is 6.07 Å². The van der Waals surface area contributed by atoms with Gasteiger partial charge in [0.1, 0.15) is 6.07 Å². The molecule has 0 radical (unpaired) electrons. The molecule has 0 atom stereocenters. The molecule has 4 nitrogen and oxygen atoms in total. The van der Waals surface area contributed by atoms with E-state index in [1.807, 2.05) is 0 Å². The third kappa shape index (κ3) is 3.35. The maximum atomic E-state index is 10.0. The molecule has 0 bridgehead atoms. The lowest BCUT2D eigenvalue weighted by Crippen LogP contribution is -2.29. The largest absolute Gasteiger partial charge is 0.428 e. The summed E-state index contributed by atoms with van der Waals surface area (Å²) < 4.78 is 4.36. The molecule has 1 amide bonds. The fourth-order valence-electron chi connectivity index (χ4n) is 0.274. The third-order valence-electron chi connectivity index (χ3n) is 0.625. The molecule has 0 aromatic rings. The monoisotopic (exact) mass is 128 g/mol. The van der Waals surface area contributed by atoms with Crippen LogP contribution in [-0.2, 0) is 4.74 Å². The van der Waals surface area contributed by atoms with Crippen molar-refractivity contribution in [2.24, 2.45) is 5.73 Å². The quantitative estimate of drug-likeness (QED) is 0.554. The molecule has 0 fully saturated rings. The van der Waals surface area contributed by atoms with Crippen molar-refractivity contribution in [2.75, 3.05) is 0 Å². The maximum Gasteiger partial charge on any atom is 0.406 e. The van der Waals surface area contributed by atoms with Crippen molar-refractivity contribution in [1.29, 1.82) is 5.26 Å². The van der Waals surface area contributed by atoms with Crippen LogP contribution in [0.25, 0.3) is 0 Å². The lowest BCUT2D eigenvalue weighted by Gasteiger charge is -2.13. The molecule has 0 unspecified atom stereocenters. The normalized spacial score (nSPS) is 9.89. The molecule has 2 N–H and O–H groups in total. The number of nitriles is 1. The van der Waals surface area contributed by atoms with E-state index in [-0.39, 0.29) is 0 Å². The average Bonchev–Trinajstić information content (AvgIpc) is 1.63. The van der Waals surface area contributed by atoms with Gasteiger partial charge in [-0.05, 0) is 13.8 Å². The first-order valence-electron chi connectivity index (χ1n) is 2.37. The van der Waals surface area contributed by atoms with Gasteiger partial charge < -0.3 is 10.5 Å². The van der Waals surface area contributed by atoms with Gasteiger partial charge in [-0.1, -0.05) is 0 Å². The summed E-state index contributed by atoms with van der Waals surface area (Å²) in [7, 11) is 0. The Morgan fingerprint density at radius 1 is 1.78 bits per heavy atom. The van der Waals surface area contributed by atoms with Gasteiger partial charge in [0.05, 0.1) is 0 Å². The van der Waals surface area contributed by atoms with E-state index in [1.165, 1.54) is 13.8 Å². The fourth-order valence-corrected chi connectivity index (χ4v) is 0.274. The average molecular weight is 128 g/mol. The number of amides is 1. The molecule has 0 saturated carbocycles. The van der Waals surface area contributed by atoms with E-state index in [0.717, 1.165) is 0 Å². The Morgan fingerprint density at radius 3 is 2.33 bits per heavy atom. The van der Waals surface area contributed by atoms with Gasteiger partial charge in [-0.3, -0.25) is 0 Å². The van der Waals surface area contributed by atoms with Crippen LogP contribution in [0.4, 0.5) is 4.79 Å². The molecule has 0 saturated heterocycles. The van der Waals surface area contributed by atoms with Crippen LogP contribution in [-0.4, -0.2) is 11.7 Å². The molecule has 0 aliphatic rings. The Hall–Kier alpha value is -1.24. The van der Waals surface area contributed by atoms with E-state index >= 15 is 0 Å². The van der Waals surface area contributed by atoms with Crippen molar-refractivity contribution < 1.29 is 9.53 Å². The Morgan fingerprint density at radius 2 is 2.22 bits per heavy atom. The number of primary amides is 1. The summed E-state index contributed by atoms with van der Waals surface area (Å²) >= 11 is 0. The standard InChI is InChI=1S/C5H8N2O2/c1-5(2,3-6)9-4(7)8/h1-2H3,(H2,7,8). The number of hydrogen-bond acceptors (Lipinski definition) is 3. The molecule has 0 rings (SSSR count). The highest BCUT2D eigenvalue weighted by molar-refractivity contribution is 5.65. The summed E-state index contributed by atoms with van der Waals surface area (Å²) in [6, 6.07) is 1.75. The van der Waals surface area contributed by atoms with E-state index in [2.05, 4.69) is 10.5 Å². The third-order valence-corrected chi connectivity index (χ3v) is 0.625. The summed E-state index contributed by atoms with van der Waals surface area (Å²) in [5.41, 5.74) is 3.54. The molecule has 0 aliphatic heterocycles. The summed E-state index contributed by atoms with van der Waals surface area (Å²) in [6.07, 6.45) is -0.929. The number of ether oxygens (including phenoxy) is 1. The fraction of sp³-hybridized carbons (Fsp3) is 0.600. The Balaban J connectivity index is 3.91. The zero-order valence-corrected chi connectivity index (χ0v) is 5.34. The highest BCUT2D eigenvalue weighted by Gasteiger charge is 2.19. The van der Waals surface area contributed by atoms with Crippen molar-refractivity contribution in [3.63, 3.8) is 0 Å². The van der Waals surface area contributed by atoms with Gasteiger partial charge in [0.15, 0.2) is 5.60 Å². The van der Waals surface area contributed by atoms with Gasteiger partial charge in [-0.15, -0.1) is 0 Å². The van der Waals surface area contributed by atoms with E-state index in [4.69, 9.17) is 5.26 Å². The van der Waals surface area contributed by atoms with Crippen LogP contribution in [0.15, 0.2) is 0 Å². The van der Waals surface area contributed by atoms with E-state index < -0.39 is 11.7 Å². The number of nitrogens with zero attached hydrogens (tertiary/aromatic N) is 1. The molecule has 50 valence electrons. The van der Waals surface area contributed by atoms with E-state index in [1.54, 1.807) is 6.07 Å². The minimum absolute atomic E-state index is 0.929. The summed E-state index contributed by atoms with van der Waals surface area (Å²) in [5, 5.41) is 8.26. The van der Waals surface area contributed by atoms with E-state index in [0.29, 0.717) is 0 Å². The number of nitrogens with two attached hydrogens (primary N) is 1. The minimum Gasteiger partial charge on any atom is -0.428 e. The highest BCUT2D eigenvalue weighted by atomic mass is 16.6. The summed E-state index contributed by atoms with van der Waals surface area (Å²) in [5.74, 6) is 0. The lowest BCUT2D eigenvalue weighted by molar-refractivity contribution is 0.0851. The number of carbonyl (C=O) groups excluding carboxylic acids is 1. The van der Waals surface area contributed by atoms with Crippen molar-refractivity contribution in [2.45, 2.75) is 19.4 Å². The zero-order chi connectivity index (χ0) is 7.49. The van der Waals surface area contributed by atoms with Crippen LogP contribution < -0.4 is 5.73 Å². The van der Waals surface area contributed by atoms with Crippen LogP contribution in [0.3, 0.4) is 0 Å². The molecule has 0 aromatic heterocycles. The van der Waals surface area contributed by atoms with Crippen LogP contribution in [0, 0.1) is 11.3 Å². The van der Waals surface area contributed by atoms with Gasteiger partial charge >= 0.3 is 6.09 Å². The molecule has 0 spiro atoms. The summed E-state index contributed by atoms with van der Waals surface area (Å²) in [6.45, 7) is 2.91. The molecule has 0 aromatic carbocycles. The van der Waals surface area contributed by atoms with Crippen molar-refractivity contribution in [1.82, 2.24) is 0 Å². The number of hydrogen-bond donors (Lipinski definition) is 1. The minimum atomic E-state index is -1.11. The first-order chi connectivity index (χ1) is 3.98. The van der Waals surface area contributed by atoms with Crippen LogP contribution >= 0.6 is 0 Å². The van der Waals surface area contributed by atoms with Gasteiger partial charge in [-0.2, -0.15) is 5.26 Å². The number of carbonyl (C=O) groups is 1. The lowest BCUT2D eigenvalue weighted by atomic mass is 10.2. The van der Waals surface area contributed by atoms with Crippen molar-refractivity contribution in [3.05, 3.63) is 0 Å². The van der Waals surface area contributed by atoms with Crippen molar-refractivity contribution >= 4 is 6.09 Å². The SMILES string of the molecule is CC(C)(C#N)OC(N)=O. The zero-order valence-electron chi connectivity index (χ0n) is 5.34. The molecular weight excluding hydrogens is 120 g/mol. The first kappa shape index (κ1) is 7.76. The molecule has 0 aliphatic carbocycles. The Bertz CT molecular complexity index is 157. The van der Waals surface area contributed by atoms with Gasteiger partial charge in [0.2, 0.25) is 0 Å². The first-order valence-corrected chi connectivity index (χ1v) is 2.37. The van der Waals surface area contributed by atoms with Crippen LogP contribution in [0.2, 0.25) is 0 Å². The van der Waals surface area contributed by atoms with E-state index in [9.17, 15) is 4.79 Å². The highest BCUT2D eigenvalue weighted by Crippen LogP contribution is 2.05. The van der Waals surface area contributed by atoms with Gasteiger partial charge in [0.25, 0.3) is 0 Å².